The van der Waals surface area contributed by atoms with Gasteiger partial charge >= 0.3 is 6.09 Å². The molecule has 0 bridgehead atoms. The van der Waals surface area contributed by atoms with Gasteiger partial charge in [-0.1, -0.05) is 0 Å². The quantitative estimate of drug-likeness (QED) is 0.692. The van der Waals surface area contributed by atoms with Gasteiger partial charge in [-0.25, -0.2) is 4.79 Å². The van der Waals surface area contributed by atoms with E-state index in [4.69, 9.17) is 9.16 Å². The third kappa shape index (κ3) is 4.26. The monoisotopic (exact) mass is 243 g/mol. The summed E-state index contributed by atoms with van der Waals surface area (Å²) in [5.41, 5.74) is -0.423. The Hall–Kier alpha value is -0.973. The maximum absolute atomic E-state index is 11.7. The van der Waals surface area contributed by atoms with E-state index in [2.05, 4.69) is 6.55 Å². The lowest BCUT2D eigenvalue weighted by atomic mass is 10.2. The fourth-order valence-corrected chi connectivity index (χ4v) is 2.09. The van der Waals surface area contributed by atoms with Gasteiger partial charge in [0.2, 0.25) is 9.76 Å². The molecule has 0 unspecified atom stereocenters. The van der Waals surface area contributed by atoms with E-state index in [1.807, 2.05) is 26.8 Å². The van der Waals surface area contributed by atoms with Crippen molar-refractivity contribution >= 4 is 15.9 Å². The van der Waals surface area contributed by atoms with Crippen LogP contribution in [0.4, 0.5) is 4.79 Å². The summed E-state index contributed by atoms with van der Waals surface area (Å²) >= 11 is 0. The Bertz CT molecular complexity index is 283. The van der Waals surface area contributed by atoms with Gasteiger partial charge in [0.15, 0.2) is 0 Å². The highest BCUT2D eigenvalue weighted by atomic mass is 28.2. The van der Waals surface area contributed by atoms with Crippen LogP contribution in [0.15, 0.2) is 11.8 Å². The van der Waals surface area contributed by atoms with Crippen molar-refractivity contribution in [3.8, 4) is 0 Å². The molecular weight excluding hydrogens is 222 g/mol. The third-order valence-electron chi connectivity index (χ3n) is 2.15. The van der Waals surface area contributed by atoms with Crippen LogP contribution in [0.1, 0.15) is 27.2 Å². The van der Waals surface area contributed by atoms with Crippen LogP contribution in [0.25, 0.3) is 0 Å². The molecule has 0 saturated carbocycles. The number of ether oxygens (including phenoxy) is 1. The van der Waals surface area contributed by atoms with Crippen LogP contribution in [0.5, 0.6) is 0 Å². The predicted octanol–water partition coefficient (Wildman–Crippen LogP) is 1.66. The van der Waals surface area contributed by atoms with E-state index >= 15 is 0 Å². The largest absolute Gasteiger partial charge is 0.553 e. The van der Waals surface area contributed by atoms with Crippen molar-refractivity contribution in [1.82, 2.24) is 4.90 Å². The summed E-state index contributed by atoms with van der Waals surface area (Å²) in [6.45, 7) is 9.01. The normalized spacial score (nSPS) is 17.5. The second-order valence-electron chi connectivity index (χ2n) is 4.78. The molecule has 1 rings (SSSR count). The topological polar surface area (TPSA) is 38.8 Å². The maximum atomic E-state index is 11.7. The van der Waals surface area contributed by atoms with Gasteiger partial charge in [-0.15, -0.1) is 0 Å². The Kier molecular flexibility index (Phi) is 4.41. The van der Waals surface area contributed by atoms with E-state index < -0.39 is 15.4 Å². The van der Waals surface area contributed by atoms with Gasteiger partial charge in [-0.05, 0) is 33.4 Å². The van der Waals surface area contributed by atoms with Crippen molar-refractivity contribution in [3.05, 3.63) is 11.8 Å². The van der Waals surface area contributed by atoms with Crippen LogP contribution in [0.3, 0.4) is 0 Å². The molecule has 0 aromatic heterocycles. The van der Waals surface area contributed by atoms with Gasteiger partial charge in [0.25, 0.3) is 0 Å². The highest BCUT2D eigenvalue weighted by Gasteiger charge is 2.23. The van der Waals surface area contributed by atoms with Gasteiger partial charge in [-0.2, -0.15) is 0 Å². The molecule has 0 aromatic carbocycles. The molecule has 1 aliphatic heterocycles. The van der Waals surface area contributed by atoms with E-state index in [9.17, 15) is 4.79 Å². The lowest BCUT2D eigenvalue weighted by molar-refractivity contribution is 0.0259. The fraction of sp³-hybridized carbons (Fsp3) is 0.727. The van der Waals surface area contributed by atoms with Crippen molar-refractivity contribution in [2.24, 2.45) is 0 Å². The zero-order valence-electron chi connectivity index (χ0n) is 10.6. The fourth-order valence-electron chi connectivity index (χ4n) is 1.46. The molecule has 0 fully saturated rings. The van der Waals surface area contributed by atoms with E-state index in [1.165, 1.54) is 0 Å². The minimum Gasteiger partial charge on any atom is -0.553 e. The van der Waals surface area contributed by atoms with Crippen LogP contribution < -0.4 is 0 Å². The Morgan fingerprint density at radius 3 is 2.62 bits per heavy atom. The first-order valence-electron chi connectivity index (χ1n) is 5.72. The molecule has 4 nitrogen and oxygen atoms in total. The summed E-state index contributed by atoms with van der Waals surface area (Å²) in [6.07, 6.45) is 2.54. The first-order chi connectivity index (χ1) is 7.42. The summed E-state index contributed by atoms with van der Waals surface area (Å²) in [5, 5.41) is 0. The van der Waals surface area contributed by atoms with Crippen molar-refractivity contribution in [1.29, 1.82) is 0 Å². The number of hydrogen-bond donors (Lipinski definition) is 0. The molecular formula is C11H21NO3Si. The lowest BCUT2D eigenvalue weighted by Gasteiger charge is -2.29. The Morgan fingerprint density at radius 2 is 2.19 bits per heavy atom. The molecule has 0 atom stereocenters. The van der Waals surface area contributed by atoms with Crippen LogP contribution in [-0.2, 0) is 9.16 Å². The zero-order chi connectivity index (χ0) is 12.2. The Labute approximate surface area is 99.5 Å². The SMILES string of the molecule is C[SiH2]OC1=CCN(C(=O)OC(C)(C)C)CC1. The van der Waals surface area contributed by atoms with Crippen LogP contribution >= 0.6 is 0 Å². The smallest absolute Gasteiger partial charge is 0.410 e. The number of carbonyl (C=O) groups is 1. The molecule has 0 aliphatic carbocycles. The predicted molar refractivity (Wildman–Crippen MR) is 66.0 cm³/mol. The van der Waals surface area contributed by atoms with Crippen LogP contribution in [0, 0.1) is 0 Å². The molecule has 0 N–H and O–H groups in total. The Morgan fingerprint density at radius 1 is 1.50 bits per heavy atom. The van der Waals surface area contributed by atoms with E-state index in [0.29, 0.717) is 13.1 Å². The van der Waals surface area contributed by atoms with Gasteiger partial charge < -0.3 is 14.1 Å². The molecule has 16 heavy (non-hydrogen) atoms. The standard InChI is InChI=1S/C11H21NO3Si/c1-11(2,3)14-10(13)12-7-5-9(6-8-12)15-16-4/h5H,6-8,16H2,1-4H3. The number of hydrogen-bond acceptors (Lipinski definition) is 3. The van der Waals surface area contributed by atoms with Gasteiger partial charge in [0, 0.05) is 19.5 Å². The molecule has 0 saturated heterocycles. The number of nitrogens with zero attached hydrogens (tertiary/aromatic N) is 1. The average Bonchev–Trinajstić information content (AvgIpc) is 2.16. The first-order valence-corrected chi connectivity index (χ1v) is 7.71. The first kappa shape index (κ1) is 13.1. The lowest BCUT2D eigenvalue weighted by Crippen LogP contribution is -2.39. The molecule has 5 heteroatoms. The minimum absolute atomic E-state index is 0.239. The van der Waals surface area contributed by atoms with Gasteiger partial charge in [0.05, 0.1) is 5.76 Å². The van der Waals surface area contributed by atoms with Crippen molar-refractivity contribution in [2.45, 2.75) is 39.3 Å². The molecule has 0 aromatic rings. The summed E-state index contributed by atoms with van der Waals surface area (Å²) in [6, 6.07) is 0. The highest BCUT2D eigenvalue weighted by molar-refractivity contribution is 6.25. The number of amides is 1. The van der Waals surface area contributed by atoms with E-state index in [0.717, 1.165) is 12.2 Å². The third-order valence-corrected chi connectivity index (χ3v) is 2.81. The summed E-state index contributed by atoms with van der Waals surface area (Å²) < 4.78 is 10.8. The average molecular weight is 243 g/mol. The second kappa shape index (κ2) is 5.38. The Balaban J connectivity index is 2.44. The van der Waals surface area contributed by atoms with Gasteiger partial charge in [-0.3, -0.25) is 0 Å². The summed E-state index contributed by atoms with van der Waals surface area (Å²) in [7, 11) is -0.398. The molecule has 0 radical (unpaired) electrons. The molecule has 1 heterocycles. The highest BCUT2D eigenvalue weighted by Crippen LogP contribution is 2.15. The maximum Gasteiger partial charge on any atom is 0.410 e. The number of carbonyl (C=O) groups excluding carboxylic acids is 1. The molecule has 0 spiro atoms. The molecule has 92 valence electrons. The summed E-state index contributed by atoms with van der Waals surface area (Å²) in [4.78, 5) is 13.4. The van der Waals surface area contributed by atoms with Crippen molar-refractivity contribution in [2.75, 3.05) is 13.1 Å². The molecule has 1 aliphatic rings. The van der Waals surface area contributed by atoms with Gasteiger partial charge in [0.1, 0.15) is 5.60 Å². The molecule has 1 amide bonds. The van der Waals surface area contributed by atoms with Crippen LogP contribution in [-0.4, -0.2) is 39.4 Å². The summed E-state index contributed by atoms with van der Waals surface area (Å²) in [5.74, 6) is 1.04. The van der Waals surface area contributed by atoms with E-state index in [1.54, 1.807) is 4.90 Å². The second-order valence-corrected chi connectivity index (χ2v) is 5.65. The zero-order valence-corrected chi connectivity index (χ0v) is 12.0. The van der Waals surface area contributed by atoms with Crippen LogP contribution in [0.2, 0.25) is 6.55 Å². The van der Waals surface area contributed by atoms with E-state index in [-0.39, 0.29) is 6.09 Å². The number of rotatable bonds is 2. The minimum atomic E-state index is -0.423. The van der Waals surface area contributed by atoms with Crippen molar-refractivity contribution < 1.29 is 14.0 Å². The van der Waals surface area contributed by atoms with Crippen molar-refractivity contribution in [3.63, 3.8) is 0 Å².